The maximum atomic E-state index is 14.0. The average molecular weight is 805 g/mol. The number of primary amides is 1. The van der Waals surface area contributed by atoms with Crippen molar-refractivity contribution in [3.05, 3.63) is 35.9 Å². The first-order chi connectivity index (χ1) is 27.0. The lowest BCUT2D eigenvalue weighted by Gasteiger charge is -2.29. The Morgan fingerprint density at radius 3 is 1.91 bits per heavy atom. The van der Waals surface area contributed by atoms with Crippen LogP contribution in [0.2, 0.25) is 0 Å². The molecule has 0 radical (unpaired) electrons. The van der Waals surface area contributed by atoms with E-state index in [1.807, 2.05) is 0 Å². The fourth-order valence-electron chi connectivity index (χ4n) is 5.32. The SMILES string of the molecule is CCC(C)C(NC(=O)C(CCCN=C(N)N)NC(=O)C(Cc1ccccc1)NC(=O)C(N)CCC(N)=O)C(=O)NC(CCCCN)C(=O)NCC(=O)NCC(=O)O. The third-order valence-corrected chi connectivity index (χ3v) is 8.77. The van der Waals surface area contributed by atoms with E-state index in [1.54, 1.807) is 44.2 Å². The van der Waals surface area contributed by atoms with Crippen LogP contribution in [0.15, 0.2) is 35.3 Å². The van der Waals surface area contributed by atoms with Crippen molar-refractivity contribution < 1.29 is 43.5 Å². The number of nitrogens with two attached hydrogens (primary N) is 5. The zero-order chi connectivity index (χ0) is 42.9. The normalized spacial score (nSPS) is 13.9. The first-order valence-electron chi connectivity index (χ1n) is 18.8. The summed E-state index contributed by atoms with van der Waals surface area (Å²) >= 11 is 0. The molecule has 0 aliphatic rings. The first kappa shape index (κ1) is 49.2. The predicted molar refractivity (Wildman–Crippen MR) is 210 cm³/mol. The van der Waals surface area contributed by atoms with Crippen LogP contribution < -0.4 is 60.6 Å². The summed E-state index contributed by atoms with van der Waals surface area (Å²) in [5.74, 6) is -7.00. The third-order valence-electron chi connectivity index (χ3n) is 8.77. The first-order valence-corrected chi connectivity index (χ1v) is 18.8. The fourth-order valence-corrected chi connectivity index (χ4v) is 5.32. The van der Waals surface area contributed by atoms with E-state index in [0.717, 1.165) is 0 Å². The molecule has 0 heterocycles. The van der Waals surface area contributed by atoms with Gasteiger partial charge >= 0.3 is 5.97 Å². The summed E-state index contributed by atoms with van der Waals surface area (Å²) in [5.41, 5.74) is 28.4. The Kier molecular flexibility index (Phi) is 23.2. The van der Waals surface area contributed by atoms with E-state index < -0.39 is 96.5 Å². The number of unbranched alkanes of at least 4 members (excludes halogenated alkanes) is 1. The second-order valence-corrected chi connectivity index (χ2v) is 13.5. The van der Waals surface area contributed by atoms with Gasteiger partial charge < -0.3 is 65.7 Å². The Hall–Kier alpha value is -5.83. The second-order valence-electron chi connectivity index (χ2n) is 13.5. The van der Waals surface area contributed by atoms with E-state index in [-0.39, 0.29) is 51.0 Å². The van der Waals surface area contributed by atoms with Gasteiger partial charge in [0.2, 0.25) is 41.4 Å². The van der Waals surface area contributed by atoms with Gasteiger partial charge in [-0.2, -0.15) is 0 Å². The van der Waals surface area contributed by atoms with Crippen molar-refractivity contribution in [2.24, 2.45) is 39.6 Å². The summed E-state index contributed by atoms with van der Waals surface area (Å²) in [6.07, 6.45) is 1.51. The van der Waals surface area contributed by atoms with Gasteiger partial charge in [-0.1, -0.05) is 50.6 Å². The molecule has 21 heteroatoms. The van der Waals surface area contributed by atoms with E-state index in [0.29, 0.717) is 31.4 Å². The minimum absolute atomic E-state index is 0.00138. The number of benzene rings is 1. The van der Waals surface area contributed by atoms with Gasteiger partial charge in [0.1, 0.15) is 30.7 Å². The summed E-state index contributed by atoms with van der Waals surface area (Å²) in [5, 5.41) is 24.0. The molecule has 6 unspecified atom stereocenters. The van der Waals surface area contributed by atoms with E-state index in [1.165, 1.54) is 0 Å². The highest BCUT2D eigenvalue weighted by Gasteiger charge is 2.34. The lowest BCUT2D eigenvalue weighted by atomic mass is 9.96. The highest BCUT2D eigenvalue weighted by Crippen LogP contribution is 2.12. The number of carboxylic acid groups (broad SMARTS) is 1. The van der Waals surface area contributed by atoms with Crippen LogP contribution in [-0.2, 0) is 44.8 Å². The van der Waals surface area contributed by atoms with Crippen LogP contribution in [0.5, 0.6) is 0 Å². The number of guanidine groups is 1. The summed E-state index contributed by atoms with van der Waals surface area (Å²) in [7, 11) is 0. The van der Waals surface area contributed by atoms with Gasteiger partial charge in [0.15, 0.2) is 5.96 Å². The van der Waals surface area contributed by atoms with Gasteiger partial charge in [0.05, 0.1) is 12.6 Å². The molecular formula is C36H60N12O9. The zero-order valence-corrected chi connectivity index (χ0v) is 32.6. The molecule has 0 aliphatic heterocycles. The summed E-state index contributed by atoms with van der Waals surface area (Å²) in [4.78, 5) is 106. The minimum Gasteiger partial charge on any atom is -0.480 e. The molecule has 0 spiro atoms. The molecule has 17 N–H and O–H groups in total. The number of hydrogen-bond donors (Lipinski definition) is 12. The quantitative estimate of drug-likeness (QED) is 0.0221. The molecule has 0 saturated heterocycles. The number of aliphatic imine (C=N–C) groups is 1. The van der Waals surface area contributed by atoms with E-state index >= 15 is 0 Å². The molecule has 6 atom stereocenters. The van der Waals surface area contributed by atoms with Crippen molar-refractivity contribution in [1.29, 1.82) is 0 Å². The van der Waals surface area contributed by atoms with Crippen LogP contribution >= 0.6 is 0 Å². The maximum absolute atomic E-state index is 14.0. The molecule has 7 amide bonds. The number of carbonyl (C=O) groups excluding carboxylic acids is 7. The highest BCUT2D eigenvalue weighted by molar-refractivity contribution is 5.96. The van der Waals surface area contributed by atoms with Crippen molar-refractivity contribution in [3.63, 3.8) is 0 Å². The molecule has 1 rings (SSSR count). The van der Waals surface area contributed by atoms with Crippen LogP contribution in [0, 0.1) is 5.92 Å². The Labute approximate surface area is 331 Å². The smallest absolute Gasteiger partial charge is 0.322 e. The summed E-state index contributed by atoms with van der Waals surface area (Å²) in [6, 6.07) is 2.75. The Bertz CT molecular complexity index is 1520. The summed E-state index contributed by atoms with van der Waals surface area (Å²) in [6.45, 7) is 2.72. The van der Waals surface area contributed by atoms with E-state index in [2.05, 4.69) is 36.9 Å². The van der Waals surface area contributed by atoms with Crippen molar-refractivity contribution in [1.82, 2.24) is 31.9 Å². The number of carboxylic acids is 1. The maximum Gasteiger partial charge on any atom is 0.322 e. The molecule has 1 aromatic carbocycles. The predicted octanol–water partition coefficient (Wildman–Crippen LogP) is -3.69. The van der Waals surface area contributed by atoms with Gasteiger partial charge in [-0.3, -0.25) is 43.3 Å². The van der Waals surface area contributed by atoms with E-state index in [4.69, 9.17) is 33.8 Å². The molecule has 57 heavy (non-hydrogen) atoms. The van der Waals surface area contributed by atoms with Crippen LogP contribution in [0.1, 0.15) is 70.8 Å². The number of amides is 7. The van der Waals surface area contributed by atoms with Crippen LogP contribution in [0.3, 0.4) is 0 Å². The van der Waals surface area contributed by atoms with Crippen LogP contribution in [0.25, 0.3) is 0 Å². The Morgan fingerprint density at radius 1 is 0.719 bits per heavy atom. The number of aliphatic carboxylic acids is 1. The second kappa shape index (κ2) is 26.9. The van der Waals surface area contributed by atoms with Gasteiger partial charge in [-0.05, 0) is 56.6 Å². The lowest BCUT2D eigenvalue weighted by Crippen LogP contribution is -2.60. The number of nitrogens with one attached hydrogen (secondary N) is 6. The number of hydrogen-bond acceptors (Lipinski definition) is 11. The Morgan fingerprint density at radius 2 is 1.32 bits per heavy atom. The molecular weight excluding hydrogens is 744 g/mol. The number of carbonyl (C=O) groups is 8. The molecule has 318 valence electrons. The van der Waals surface area contributed by atoms with Crippen molar-refractivity contribution in [3.8, 4) is 0 Å². The molecule has 0 aromatic heterocycles. The molecule has 0 aliphatic carbocycles. The molecule has 21 nitrogen and oxygen atoms in total. The molecule has 1 aromatic rings. The molecule has 0 saturated carbocycles. The monoisotopic (exact) mass is 804 g/mol. The van der Waals surface area contributed by atoms with Gasteiger partial charge in [0, 0.05) is 19.4 Å². The summed E-state index contributed by atoms with van der Waals surface area (Å²) < 4.78 is 0. The average Bonchev–Trinajstić information content (AvgIpc) is 3.17. The topological polar surface area (TPSA) is 371 Å². The van der Waals surface area contributed by atoms with Crippen molar-refractivity contribution in [2.45, 2.75) is 102 Å². The third kappa shape index (κ3) is 20.6. The van der Waals surface area contributed by atoms with Crippen LogP contribution in [-0.4, -0.2) is 115 Å². The largest absolute Gasteiger partial charge is 0.480 e. The molecule has 0 fully saturated rings. The number of nitrogens with zero attached hydrogens (tertiary/aromatic N) is 1. The van der Waals surface area contributed by atoms with Crippen molar-refractivity contribution in [2.75, 3.05) is 26.2 Å². The minimum atomic E-state index is -1.27. The fraction of sp³-hybridized carbons (Fsp3) is 0.583. The lowest BCUT2D eigenvalue weighted by molar-refractivity contribution is -0.138. The highest BCUT2D eigenvalue weighted by atomic mass is 16.4. The zero-order valence-electron chi connectivity index (χ0n) is 32.6. The van der Waals surface area contributed by atoms with E-state index in [9.17, 15) is 38.4 Å². The number of rotatable bonds is 28. The molecule has 0 bridgehead atoms. The van der Waals surface area contributed by atoms with Gasteiger partial charge in [0.25, 0.3) is 0 Å². The standard InChI is InChI=1S/C36H60N12O9/c1-3-21(2)30(35(57)46-24(12-7-8-16-37)32(54)44-19-28(50)43-20-29(51)52)48-33(55)25(13-9-17-42-36(40)41)45-34(56)26(18-22-10-5-4-6-11-22)47-31(53)23(38)14-15-27(39)49/h4-6,10-11,21,23-26,30H,3,7-9,12-20,37-38H2,1-2H3,(H2,39,49)(H,43,50)(H,44,54)(H,45,56)(H,46,57)(H,47,53)(H,48,55)(H,51,52)(H4,40,41,42). The van der Waals surface area contributed by atoms with Gasteiger partial charge in [-0.25, -0.2) is 0 Å². The van der Waals surface area contributed by atoms with Crippen molar-refractivity contribution >= 4 is 53.3 Å². The van der Waals surface area contributed by atoms with Crippen LogP contribution in [0.4, 0.5) is 0 Å². The van der Waals surface area contributed by atoms with Gasteiger partial charge in [-0.15, -0.1) is 0 Å². The Balaban J connectivity index is 3.35.